The number of benzene rings is 1. The Morgan fingerprint density at radius 3 is 2.19 bits per heavy atom. The molecule has 164 valence electrons. The molecule has 0 saturated heterocycles. The molecule has 1 aromatic carbocycles. The van der Waals surface area contributed by atoms with Gasteiger partial charge in [-0.3, -0.25) is 0 Å². The molecule has 0 aromatic heterocycles. The van der Waals surface area contributed by atoms with Crippen LogP contribution >= 0.6 is 0 Å². The lowest BCUT2D eigenvalue weighted by Gasteiger charge is -2.32. The molecule has 0 atom stereocenters. The first-order valence-electron chi connectivity index (χ1n) is 10.6. The molecule has 1 aromatic rings. The maximum Gasteiger partial charge on any atom is 0.0700 e. The molecule has 0 saturated carbocycles. The van der Waals surface area contributed by atoms with E-state index in [1.807, 2.05) is 32.8 Å². The van der Waals surface area contributed by atoms with Crippen molar-refractivity contribution in [3.8, 4) is 12.8 Å². The van der Waals surface area contributed by atoms with Crippen molar-refractivity contribution in [2.24, 2.45) is 0 Å². The molecular formula is C28H37N3. The molecule has 2 aliphatic rings. The lowest BCUT2D eigenvalue weighted by atomic mass is 9.88. The molecule has 0 amide bonds. The van der Waals surface area contributed by atoms with Gasteiger partial charge in [-0.15, -0.1) is 12.8 Å². The number of anilines is 1. The highest BCUT2D eigenvalue weighted by Crippen LogP contribution is 2.38. The second-order valence-corrected chi connectivity index (χ2v) is 7.52. The highest BCUT2D eigenvalue weighted by molar-refractivity contribution is 5.76. The Bertz CT molecular complexity index is 965. The van der Waals surface area contributed by atoms with Crippen LogP contribution in [-0.2, 0) is 0 Å². The summed E-state index contributed by atoms with van der Waals surface area (Å²) >= 11 is 0. The standard InChI is InChI=1S/C24H29N3.C2H6.C2H2/c1-15-11-12-20(13-15)14-25-23-16(2)17(3)24(23)26-22-10-8-9-21(18(22)4)19(5)27(6)7;2*1-2/h8-12,25-26H,2-3,5,13-14H2,1,4,6-7H3;1-2H3;1-2H. The Kier molecular flexibility index (Phi) is 9.70. The van der Waals surface area contributed by atoms with Gasteiger partial charge in [-0.05, 0) is 37.5 Å². The van der Waals surface area contributed by atoms with Gasteiger partial charge in [-0.2, -0.15) is 0 Å². The zero-order chi connectivity index (χ0) is 23.7. The molecule has 31 heavy (non-hydrogen) atoms. The van der Waals surface area contributed by atoms with E-state index in [1.54, 1.807) is 0 Å². The minimum atomic E-state index is 0.830. The van der Waals surface area contributed by atoms with Crippen LogP contribution in [0.2, 0.25) is 0 Å². The summed E-state index contributed by atoms with van der Waals surface area (Å²) < 4.78 is 0. The SMILES string of the molecule is C#C.C=C1C(=C)C(Nc2cccc(C(=C)N(C)C)c2C)=C1NCC1=CC=C(C)C1.CC. The van der Waals surface area contributed by atoms with E-state index in [-0.39, 0.29) is 0 Å². The summed E-state index contributed by atoms with van der Waals surface area (Å²) in [5.74, 6) is 0. The number of terminal acetylenes is 1. The fourth-order valence-electron chi connectivity index (χ4n) is 3.39. The first kappa shape index (κ1) is 25.7. The van der Waals surface area contributed by atoms with E-state index >= 15 is 0 Å². The van der Waals surface area contributed by atoms with Gasteiger partial charge in [-0.1, -0.05) is 63.4 Å². The number of hydrogen-bond donors (Lipinski definition) is 2. The third-order valence-electron chi connectivity index (χ3n) is 5.26. The van der Waals surface area contributed by atoms with Crippen molar-refractivity contribution in [1.82, 2.24) is 10.2 Å². The predicted molar refractivity (Wildman–Crippen MR) is 139 cm³/mol. The fraction of sp³-hybridized carbons (Fsp3) is 0.286. The third-order valence-corrected chi connectivity index (χ3v) is 5.26. The van der Waals surface area contributed by atoms with E-state index in [0.717, 1.165) is 52.5 Å². The van der Waals surface area contributed by atoms with Gasteiger partial charge in [0.05, 0.1) is 11.4 Å². The maximum absolute atomic E-state index is 4.19. The topological polar surface area (TPSA) is 27.3 Å². The van der Waals surface area contributed by atoms with Crippen LogP contribution in [0.15, 0.2) is 83.8 Å². The summed E-state index contributed by atoms with van der Waals surface area (Å²) in [5.41, 5.74) is 11.2. The Morgan fingerprint density at radius 2 is 1.65 bits per heavy atom. The number of allylic oxidation sites excluding steroid dienone is 5. The zero-order valence-electron chi connectivity index (χ0n) is 20.0. The number of nitrogens with one attached hydrogen (secondary N) is 2. The van der Waals surface area contributed by atoms with Crippen LogP contribution in [0.25, 0.3) is 5.70 Å². The highest BCUT2D eigenvalue weighted by Gasteiger charge is 2.27. The second-order valence-electron chi connectivity index (χ2n) is 7.52. The Labute approximate surface area is 189 Å². The molecule has 0 fully saturated rings. The lowest BCUT2D eigenvalue weighted by Crippen LogP contribution is -2.30. The van der Waals surface area contributed by atoms with Crippen LogP contribution in [-0.4, -0.2) is 25.5 Å². The van der Waals surface area contributed by atoms with E-state index in [2.05, 4.69) is 87.4 Å². The minimum absolute atomic E-state index is 0.830. The molecule has 2 aliphatic carbocycles. The second kappa shape index (κ2) is 11.7. The van der Waals surface area contributed by atoms with Crippen LogP contribution in [0, 0.1) is 19.8 Å². The van der Waals surface area contributed by atoms with Crippen molar-refractivity contribution in [3.63, 3.8) is 0 Å². The lowest BCUT2D eigenvalue weighted by molar-refractivity contribution is 0.593. The van der Waals surface area contributed by atoms with Crippen LogP contribution < -0.4 is 10.6 Å². The van der Waals surface area contributed by atoms with Crippen LogP contribution in [0.4, 0.5) is 5.69 Å². The zero-order valence-corrected chi connectivity index (χ0v) is 20.0. The van der Waals surface area contributed by atoms with Crippen molar-refractivity contribution in [2.75, 3.05) is 26.0 Å². The average Bonchev–Trinajstić information content (AvgIpc) is 3.21. The quantitative estimate of drug-likeness (QED) is 0.503. The van der Waals surface area contributed by atoms with Crippen molar-refractivity contribution >= 4 is 11.4 Å². The van der Waals surface area contributed by atoms with Crippen molar-refractivity contribution in [3.05, 3.63) is 94.9 Å². The van der Waals surface area contributed by atoms with E-state index in [1.165, 1.54) is 16.7 Å². The van der Waals surface area contributed by atoms with Crippen molar-refractivity contribution in [2.45, 2.75) is 34.1 Å². The number of rotatable bonds is 7. The molecule has 0 bridgehead atoms. The van der Waals surface area contributed by atoms with E-state index in [9.17, 15) is 0 Å². The fourth-order valence-corrected chi connectivity index (χ4v) is 3.39. The summed E-state index contributed by atoms with van der Waals surface area (Å²) in [6.07, 6.45) is 13.4. The molecule has 3 nitrogen and oxygen atoms in total. The summed E-state index contributed by atoms with van der Waals surface area (Å²) in [6, 6.07) is 6.25. The van der Waals surface area contributed by atoms with E-state index < -0.39 is 0 Å². The van der Waals surface area contributed by atoms with Crippen molar-refractivity contribution in [1.29, 1.82) is 0 Å². The first-order valence-corrected chi connectivity index (χ1v) is 10.6. The van der Waals surface area contributed by atoms with Crippen LogP contribution in [0.3, 0.4) is 0 Å². The van der Waals surface area contributed by atoms with Gasteiger partial charge in [0.1, 0.15) is 0 Å². The summed E-state index contributed by atoms with van der Waals surface area (Å²) in [5, 5.41) is 7.10. The molecular weight excluding hydrogens is 378 g/mol. The molecule has 0 aliphatic heterocycles. The van der Waals surface area contributed by atoms with Gasteiger partial charge in [0, 0.05) is 48.7 Å². The van der Waals surface area contributed by atoms with Gasteiger partial charge in [0.15, 0.2) is 0 Å². The van der Waals surface area contributed by atoms with E-state index in [4.69, 9.17) is 0 Å². The van der Waals surface area contributed by atoms with Crippen LogP contribution in [0.5, 0.6) is 0 Å². The predicted octanol–water partition coefficient (Wildman–Crippen LogP) is 6.42. The maximum atomic E-state index is 4.19. The average molecular weight is 416 g/mol. The minimum Gasteiger partial charge on any atom is -0.379 e. The summed E-state index contributed by atoms with van der Waals surface area (Å²) in [4.78, 5) is 2.04. The molecule has 0 unspecified atom stereocenters. The highest BCUT2D eigenvalue weighted by atomic mass is 15.1. The van der Waals surface area contributed by atoms with Crippen molar-refractivity contribution < 1.29 is 0 Å². The van der Waals surface area contributed by atoms with Gasteiger partial charge in [0.2, 0.25) is 0 Å². The first-order chi connectivity index (χ1) is 14.8. The molecule has 0 heterocycles. The van der Waals surface area contributed by atoms with E-state index in [0.29, 0.717) is 0 Å². The molecule has 0 radical (unpaired) electrons. The largest absolute Gasteiger partial charge is 0.379 e. The number of hydrogen-bond acceptors (Lipinski definition) is 3. The number of nitrogens with zero attached hydrogens (tertiary/aromatic N) is 1. The van der Waals surface area contributed by atoms with Crippen LogP contribution in [0.1, 0.15) is 38.3 Å². The van der Waals surface area contributed by atoms with Gasteiger partial charge < -0.3 is 15.5 Å². The Morgan fingerprint density at radius 1 is 1.03 bits per heavy atom. The van der Waals surface area contributed by atoms with Gasteiger partial charge >= 0.3 is 0 Å². The molecule has 0 spiro atoms. The van der Waals surface area contributed by atoms with Gasteiger partial charge in [0.25, 0.3) is 0 Å². The molecule has 3 heteroatoms. The molecule has 2 N–H and O–H groups in total. The Hall–Kier alpha value is -3.38. The normalized spacial score (nSPS) is 14.2. The van der Waals surface area contributed by atoms with Gasteiger partial charge in [-0.25, -0.2) is 0 Å². The Balaban J connectivity index is 0.00000113. The monoisotopic (exact) mass is 415 g/mol. The third kappa shape index (κ3) is 5.83. The molecule has 3 rings (SSSR count). The summed E-state index contributed by atoms with van der Waals surface area (Å²) in [7, 11) is 4.02. The smallest absolute Gasteiger partial charge is 0.0700 e. The summed E-state index contributed by atoms with van der Waals surface area (Å²) in [6.45, 7) is 21.6.